The van der Waals surface area contributed by atoms with Crippen LogP contribution in [0.3, 0.4) is 0 Å². The summed E-state index contributed by atoms with van der Waals surface area (Å²) in [5, 5.41) is 12.7. The van der Waals surface area contributed by atoms with Gasteiger partial charge >= 0.3 is 12.0 Å². The molecule has 8 nitrogen and oxygen atoms in total. The van der Waals surface area contributed by atoms with Crippen molar-refractivity contribution < 1.29 is 19.0 Å². The van der Waals surface area contributed by atoms with E-state index >= 15 is 0 Å². The lowest BCUT2D eigenvalue weighted by molar-refractivity contribution is 0.0696. The third-order valence-electron chi connectivity index (χ3n) is 6.38. The molecule has 0 aliphatic carbocycles. The number of ether oxygens (including phenoxy) is 1. The first kappa shape index (κ1) is 23.6. The Hall–Kier alpha value is -4.11. The van der Waals surface area contributed by atoms with Crippen LogP contribution in [0.15, 0.2) is 61.1 Å². The molecule has 36 heavy (non-hydrogen) atoms. The van der Waals surface area contributed by atoms with E-state index in [1.165, 1.54) is 18.2 Å². The van der Waals surface area contributed by atoms with Gasteiger partial charge in [0.05, 0.1) is 29.0 Å². The van der Waals surface area contributed by atoms with Gasteiger partial charge < -0.3 is 19.7 Å². The van der Waals surface area contributed by atoms with Gasteiger partial charge in [-0.2, -0.15) is 4.98 Å². The monoisotopic (exact) mass is 487 g/mol. The van der Waals surface area contributed by atoms with Crippen molar-refractivity contribution in [3.05, 3.63) is 78.0 Å². The summed E-state index contributed by atoms with van der Waals surface area (Å²) in [6.45, 7) is 3.76. The SMILES string of the molecule is CCc1cc(C(=O)O)ccc1Oc1nccc(-c2c(-c3ccc(F)cc3)ncn2C2CCNCC2)n1. The molecule has 0 bridgehead atoms. The molecule has 1 aliphatic heterocycles. The summed E-state index contributed by atoms with van der Waals surface area (Å²) < 4.78 is 21.8. The third kappa shape index (κ3) is 4.83. The van der Waals surface area contributed by atoms with Crippen LogP contribution in [-0.2, 0) is 6.42 Å². The number of aromatic nitrogens is 4. The predicted molar refractivity (Wildman–Crippen MR) is 133 cm³/mol. The zero-order valence-corrected chi connectivity index (χ0v) is 19.8. The van der Waals surface area contributed by atoms with Gasteiger partial charge in [-0.05, 0) is 86.4 Å². The molecule has 2 aromatic heterocycles. The minimum absolute atomic E-state index is 0.147. The van der Waals surface area contributed by atoms with E-state index in [1.54, 1.807) is 30.5 Å². The molecular formula is C27H26FN5O3. The minimum Gasteiger partial charge on any atom is -0.478 e. The van der Waals surface area contributed by atoms with E-state index in [0.717, 1.165) is 42.8 Å². The molecule has 3 heterocycles. The molecular weight excluding hydrogens is 461 g/mol. The van der Waals surface area contributed by atoms with Crippen molar-refractivity contribution in [1.29, 1.82) is 0 Å². The summed E-state index contributed by atoms with van der Waals surface area (Å²) in [5.41, 5.74) is 3.89. The van der Waals surface area contributed by atoms with Crippen molar-refractivity contribution in [1.82, 2.24) is 24.8 Å². The Labute approximate surface area is 207 Å². The topological polar surface area (TPSA) is 102 Å². The van der Waals surface area contributed by atoms with E-state index in [0.29, 0.717) is 23.6 Å². The molecule has 2 aromatic carbocycles. The summed E-state index contributed by atoms with van der Waals surface area (Å²) >= 11 is 0. The first-order chi connectivity index (χ1) is 17.5. The first-order valence-electron chi connectivity index (χ1n) is 11.9. The van der Waals surface area contributed by atoms with Gasteiger partial charge in [-0.1, -0.05) is 6.92 Å². The molecule has 0 atom stereocenters. The number of nitrogens with zero attached hydrogens (tertiary/aromatic N) is 4. The number of nitrogens with one attached hydrogen (secondary N) is 1. The van der Waals surface area contributed by atoms with Gasteiger partial charge in [0.1, 0.15) is 11.6 Å². The Morgan fingerprint density at radius 1 is 1.14 bits per heavy atom. The van der Waals surface area contributed by atoms with Crippen molar-refractivity contribution in [2.75, 3.05) is 13.1 Å². The maximum Gasteiger partial charge on any atom is 0.335 e. The summed E-state index contributed by atoms with van der Waals surface area (Å²) in [6.07, 6.45) is 5.95. The van der Waals surface area contributed by atoms with Gasteiger partial charge in [0.15, 0.2) is 0 Å². The quantitative estimate of drug-likeness (QED) is 0.373. The van der Waals surface area contributed by atoms with Crippen LogP contribution in [0.4, 0.5) is 4.39 Å². The minimum atomic E-state index is -0.992. The number of rotatable bonds is 7. The fraction of sp³-hybridized carbons (Fsp3) is 0.259. The largest absolute Gasteiger partial charge is 0.478 e. The molecule has 0 radical (unpaired) electrons. The number of imidazole rings is 1. The van der Waals surface area contributed by atoms with Crippen molar-refractivity contribution in [2.24, 2.45) is 0 Å². The van der Waals surface area contributed by atoms with Crippen LogP contribution >= 0.6 is 0 Å². The highest BCUT2D eigenvalue weighted by Crippen LogP contribution is 2.35. The lowest BCUT2D eigenvalue weighted by Gasteiger charge is -2.25. The Bertz CT molecular complexity index is 1380. The molecule has 1 aliphatic rings. The lowest BCUT2D eigenvalue weighted by Crippen LogP contribution is -2.29. The Kier molecular flexibility index (Phi) is 6.73. The Balaban J connectivity index is 1.55. The second kappa shape index (κ2) is 10.2. The van der Waals surface area contributed by atoms with Crippen molar-refractivity contribution >= 4 is 5.97 Å². The van der Waals surface area contributed by atoms with E-state index in [1.807, 2.05) is 19.3 Å². The van der Waals surface area contributed by atoms with Crippen LogP contribution in [0.1, 0.15) is 41.7 Å². The van der Waals surface area contributed by atoms with Crippen LogP contribution in [0.2, 0.25) is 0 Å². The van der Waals surface area contributed by atoms with Crippen LogP contribution in [0, 0.1) is 5.82 Å². The summed E-state index contributed by atoms with van der Waals surface area (Å²) in [4.78, 5) is 25.0. The van der Waals surface area contributed by atoms with Gasteiger partial charge in [-0.15, -0.1) is 0 Å². The molecule has 0 amide bonds. The Morgan fingerprint density at radius 2 is 1.92 bits per heavy atom. The number of piperidine rings is 1. The van der Waals surface area contributed by atoms with E-state index in [2.05, 4.69) is 14.9 Å². The van der Waals surface area contributed by atoms with Crippen molar-refractivity contribution in [3.63, 3.8) is 0 Å². The summed E-state index contributed by atoms with van der Waals surface area (Å²) in [7, 11) is 0. The second-order valence-electron chi connectivity index (χ2n) is 8.64. The molecule has 5 rings (SSSR count). The van der Waals surface area contributed by atoms with Gasteiger partial charge in [0.2, 0.25) is 0 Å². The normalized spacial score (nSPS) is 14.1. The predicted octanol–water partition coefficient (Wildman–Crippen LogP) is 5.12. The standard InChI is InChI=1S/C27H26FN5O3/c1-2-17-15-19(26(34)35)5-8-23(17)36-27-30-14-11-22(32-27)25-24(18-3-6-20(28)7-4-18)31-16-33(25)21-9-12-29-13-10-21/h3-8,11,14-16,21,29H,2,9-10,12-13H2,1H3,(H,34,35). The first-order valence-corrected chi connectivity index (χ1v) is 11.9. The molecule has 2 N–H and O–H groups in total. The second-order valence-corrected chi connectivity index (χ2v) is 8.64. The van der Waals surface area contributed by atoms with E-state index in [-0.39, 0.29) is 23.4 Å². The number of aryl methyl sites for hydroxylation is 1. The molecule has 0 unspecified atom stereocenters. The van der Waals surface area contributed by atoms with E-state index in [9.17, 15) is 14.3 Å². The number of aromatic carboxylic acids is 1. The summed E-state index contributed by atoms with van der Waals surface area (Å²) in [6, 6.07) is 13.2. The average Bonchev–Trinajstić information content (AvgIpc) is 3.35. The van der Waals surface area contributed by atoms with E-state index < -0.39 is 5.97 Å². The van der Waals surface area contributed by atoms with Crippen LogP contribution in [0.5, 0.6) is 11.8 Å². The maximum atomic E-state index is 13.6. The maximum absolute atomic E-state index is 13.6. The van der Waals surface area contributed by atoms with Gasteiger partial charge in [-0.25, -0.2) is 19.2 Å². The Morgan fingerprint density at radius 3 is 2.64 bits per heavy atom. The smallest absolute Gasteiger partial charge is 0.335 e. The molecule has 1 fully saturated rings. The van der Waals surface area contributed by atoms with Crippen LogP contribution < -0.4 is 10.1 Å². The number of carboxylic acid groups (broad SMARTS) is 1. The highest BCUT2D eigenvalue weighted by molar-refractivity contribution is 5.88. The van der Waals surface area contributed by atoms with Gasteiger partial charge in [0, 0.05) is 17.8 Å². The number of hydrogen-bond acceptors (Lipinski definition) is 6. The number of carboxylic acids is 1. The molecule has 184 valence electrons. The lowest BCUT2D eigenvalue weighted by atomic mass is 10.0. The fourth-order valence-electron chi connectivity index (χ4n) is 4.50. The molecule has 9 heteroatoms. The number of carbonyl (C=O) groups is 1. The molecule has 1 saturated heterocycles. The highest BCUT2D eigenvalue weighted by atomic mass is 19.1. The van der Waals surface area contributed by atoms with Gasteiger partial charge in [-0.3, -0.25) is 0 Å². The molecule has 0 spiro atoms. The molecule has 0 saturated carbocycles. The van der Waals surface area contributed by atoms with Crippen LogP contribution in [0.25, 0.3) is 22.6 Å². The number of benzene rings is 2. The molecule has 4 aromatic rings. The van der Waals surface area contributed by atoms with Crippen molar-refractivity contribution in [2.45, 2.75) is 32.2 Å². The number of hydrogen-bond donors (Lipinski definition) is 2. The highest BCUT2D eigenvalue weighted by Gasteiger charge is 2.24. The zero-order chi connectivity index (χ0) is 25.1. The number of halogens is 1. The summed E-state index contributed by atoms with van der Waals surface area (Å²) in [5.74, 6) is -0.796. The zero-order valence-electron chi connectivity index (χ0n) is 19.8. The van der Waals surface area contributed by atoms with E-state index in [4.69, 9.17) is 14.7 Å². The third-order valence-corrected chi connectivity index (χ3v) is 6.38. The fourth-order valence-corrected chi connectivity index (χ4v) is 4.50. The van der Waals surface area contributed by atoms with Gasteiger partial charge in [0.25, 0.3) is 0 Å². The average molecular weight is 488 g/mol. The van der Waals surface area contributed by atoms with Crippen LogP contribution in [-0.4, -0.2) is 43.7 Å². The van der Waals surface area contributed by atoms with Crippen molar-refractivity contribution in [3.8, 4) is 34.4 Å².